The molecule has 0 amide bonds. The standard InChI is InChI=1S/C31H47NO3/c1-7-34-30(33)15-17-32-21-24-8-9-25-20-28(18-23(4)29(25)19-24)35-27-12-10-26(11-13-27)31(5,6)16-14-22(2)3/h8-9,18-20,22,26-27,32H,7,10-17,21H2,1-6H3. The van der Waals surface area contributed by atoms with E-state index in [-0.39, 0.29) is 5.97 Å². The van der Waals surface area contributed by atoms with Gasteiger partial charge in [0, 0.05) is 13.1 Å². The van der Waals surface area contributed by atoms with Gasteiger partial charge in [-0.2, -0.15) is 0 Å². The number of aryl methyl sites for hydroxylation is 1. The molecule has 1 fully saturated rings. The lowest BCUT2D eigenvalue weighted by Crippen LogP contribution is -2.32. The average Bonchev–Trinajstić information content (AvgIpc) is 2.81. The van der Waals surface area contributed by atoms with E-state index in [9.17, 15) is 4.79 Å². The molecule has 0 heterocycles. The van der Waals surface area contributed by atoms with Crippen molar-refractivity contribution in [3.8, 4) is 5.75 Å². The lowest BCUT2D eigenvalue weighted by molar-refractivity contribution is -0.142. The first-order valence-corrected chi connectivity index (χ1v) is 13.7. The lowest BCUT2D eigenvalue weighted by Gasteiger charge is -2.40. The molecule has 4 nitrogen and oxygen atoms in total. The van der Waals surface area contributed by atoms with Crippen LogP contribution in [0.15, 0.2) is 30.3 Å². The van der Waals surface area contributed by atoms with E-state index in [0.29, 0.717) is 31.1 Å². The molecule has 1 aliphatic carbocycles. The number of ether oxygens (including phenoxy) is 2. The van der Waals surface area contributed by atoms with Crippen LogP contribution in [0.2, 0.25) is 0 Å². The van der Waals surface area contributed by atoms with E-state index in [1.165, 1.54) is 47.6 Å². The van der Waals surface area contributed by atoms with Gasteiger partial charge in [0.15, 0.2) is 0 Å². The first-order valence-electron chi connectivity index (χ1n) is 13.7. The van der Waals surface area contributed by atoms with Gasteiger partial charge in [-0.15, -0.1) is 0 Å². The van der Waals surface area contributed by atoms with Crippen molar-refractivity contribution in [1.29, 1.82) is 0 Å². The van der Waals surface area contributed by atoms with Crippen LogP contribution < -0.4 is 10.1 Å². The Hall–Kier alpha value is -2.07. The highest BCUT2D eigenvalue weighted by Crippen LogP contribution is 2.42. The molecule has 0 bridgehead atoms. The monoisotopic (exact) mass is 481 g/mol. The van der Waals surface area contributed by atoms with E-state index in [2.05, 4.69) is 70.3 Å². The van der Waals surface area contributed by atoms with Gasteiger partial charge in [0.05, 0.1) is 19.1 Å². The predicted octanol–water partition coefficient (Wildman–Crippen LogP) is 7.59. The second-order valence-corrected chi connectivity index (χ2v) is 11.5. The Morgan fingerprint density at radius 3 is 2.54 bits per heavy atom. The summed E-state index contributed by atoms with van der Waals surface area (Å²) in [7, 11) is 0. The summed E-state index contributed by atoms with van der Waals surface area (Å²) in [5.74, 6) is 2.44. The zero-order valence-corrected chi connectivity index (χ0v) is 22.9. The molecule has 0 spiro atoms. The molecule has 0 atom stereocenters. The van der Waals surface area contributed by atoms with Gasteiger partial charge in [-0.1, -0.05) is 46.2 Å². The number of hydrogen-bond acceptors (Lipinski definition) is 4. The summed E-state index contributed by atoms with van der Waals surface area (Å²) in [5.41, 5.74) is 2.89. The third kappa shape index (κ3) is 8.24. The van der Waals surface area contributed by atoms with Crippen molar-refractivity contribution in [3.63, 3.8) is 0 Å². The molecule has 0 unspecified atom stereocenters. The molecule has 2 aromatic rings. The van der Waals surface area contributed by atoms with E-state index in [1.54, 1.807) is 0 Å². The molecule has 1 N–H and O–H groups in total. The van der Waals surface area contributed by atoms with Gasteiger partial charge in [0.2, 0.25) is 0 Å². The maximum absolute atomic E-state index is 11.5. The summed E-state index contributed by atoms with van der Waals surface area (Å²) < 4.78 is 11.5. The molecule has 0 radical (unpaired) electrons. The molecule has 4 heteroatoms. The number of rotatable bonds is 12. The highest BCUT2D eigenvalue weighted by atomic mass is 16.5. The predicted molar refractivity (Wildman–Crippen MR) is 146 cm³/mol. The molecule has 0 saturated heterocycles. The fourth-order valence-corrected chi connectivity index (χ4v) is 5.41. The summed E-state index contributed by atoms with van der Waals surface area (Å²) in [5, 5.41) is 5.83. The van der Waals surface area contributed by atoms with Gasteiger partial charge in [-0.3, -0.25) is 4.79 Å². The van der Waals surface area contributed by atoms with E-state index in [0.717, 1.165) is 37.0 Å². The quantitative estimate of drug-likeness (QED) is 0.250. The van der Waals surface area contributed by atoms with E-state index in [1.807, 2.05) is 6.92 Å². The summed E-state index contributed by atoms with van der Waals surface area (Å²) in [4.78, 5) is 11.5. The molecule has 194 valence electrons. The van der Waals surface area contributed by atoms with Crippen LogP contribution >= 0.6 is 0 Å². The Morgan fingerprint density at radius 2 is 1.86 bits per heavy atom. The summed E-state index contributed by atoms with van der Waals surface area (Å²) in [6, 6.07) is 11.0. The Balaban J connectivity index is 1.53. The highest BCUT2D eigenvalue weighted by molar-refractivity contribution is 5.87. The van der Waals surface area contributed by atoms with Gasteiger partial charge >= 0.3 is 5.97 Å². The van der Waals surface area contributed by atoms with Gasteiger partial charge in [0.25, 0.3) is 0 Å². The van der Waals surface area contributed by atoms with E-state index in [4.69, 9.17) is 9.47 Å². The minimum atomic E-state index is -0.148. The van der Waals surface area contributed by atoms with Crippen LogP contribution in [0.4, 0.5) is 0 Å². The van der Waals surface area contributed by atoms with Crippen molar-refractivity contribution < 1.29 is 14.3 Å². The molecule has 2 aromatic carbocycles. The number of esters is 1. The third-order valence-electron chi connectivity index (χ3n) is 7.79. The molecule has 0 aromatic heterocycles. The first kappa shape index (κ1) is 27.5. The van der Waals surface area contributed by atoms with Crippen LogP contribution in [0.1, 0.15) is 90.7 Å². The SMILES string of the molecule is CCOC(=O)CCNCc1ccc2cc(OC3CCC(C(C)(C)CCC(C)C)CC3)cc(C)c2c1. The average molecular weight is 482 g/mol. The van der Waals surface area contributed by atoms with Crippen LogP contribution in [0.5, 0.6) is 5.75 Å². The zero-order valence-electron chi connectivity index (χ0n) is 22.9. The highest BCUT2D eigenvalue weighted by Gasteiger charge is 2.33. The van der Waals surface area contributed by atoms with Crippen molar-refractivity contribution >= 4 is 16.7 Å². The molecule has 0 aliphatic heterocycles. The number of fused-ring (bicyclic) bond motifs is 1. The van der Waals surface area contributed by atoms with Gasteiger partial charge < -0.3 is 14.8 Å². The van der Waals surface area contributed by atoms with Crippen LogP contribution in [0.3, 0.4) is 0 Å². The molecule has 1 aliphatic rings. The maximum Gasteiger partial charge on any atom is 0.307 e. The van der Waals surface area contributed by atoms with Crippen molar-refractivity contribution in [2.45, 2.75) is 99.1 Å². The van der Waals surface area contributed by atoms with Gasteiger partial charge in [-0.25, -0.2) is 0 Å². The van der Waals surface area contributed by atoms with Crippen LogP contribution in [-0.4, -0.2) is 25.2 Å². The van der Waals surface area contributed by atoms with Gasteiger partial charge in [0.1, 0.15) is 5.75 Å². The summed E-state index contributed by atoms with van der Waals surface area (Å²) >= 11 is 0. The third-order valence-corrected chi connectivity index (χ3v) is 7.79. The van der Waals surface area contributed by atoms with Crippen molar-refractivity contribution in [3.05, 3.63) is 41.5 Å². The normalized spacial score (nSPS) is 18.7. The summed E-state index contributed by atoms with van der Waals surface area (Å²) in [6.45, 7) is 15.4. The zero-order chi connectivity index (χ0) is 25.4. The van der Waals surface area contributed by atoms with Crippen molar-refractivity contribution in [1.82, 2.24) is 5.32 Å². The van der Waals surface area contributed by atoms with Crippen LogP contribution in [-0.2, 0) is 16.1 Å². The molecule has 1 saturated carbocycles. The number of hydrogen-bond donors (Lipinski definition) is 1. The second kappa shape index (κ2) is 12.8. The van der Waals surface area contributed by atoms with Crippen molar-refractivity contribution in [2.75, 3.05) is 13.2 Å². The minimum absolute atomic E-state index is 0.148. The van der Waals surface area contributed by atoms with E-state index < -0.39 is 0 Å². The number of carbonyl (C=O) groups is 1. The Labute approximate surface area is 213 Å². The first-order chi connectivity index (χ1) is 16.7. The fourth-order valence-electron chi connectivity index (χ4n) is 5.41. The van der Waals surface area contributed by atoms with E-state index >= 15 is 0 Å². The number of carbonyl (C=O) groups excluding carboxylic acids is 1. The maximum atomic E-state index is 11.5. The van der Waals surface area contributed by atoms with Crippen LogP contribution in [0.25, 0.3) is 10.8 Å². The summed E-state index contributed by atoms with van der Waals surface area (Å²) in [6.07, 6.45) is 8.24. The topological polar surface area (TPSA) is 47.6 Å². The lowest BCUT2D eigenvalue weighted by atomic mass is 9.68. The Bertz CT molecular complexity index is 957. The Morgan fingerprint density at radius 1 is 1.11 bits per heavy atom. The molecular weight excluding hydrogens is 434 g/mol. The molecule has 3 rings (SSSR count). The van der Waals surface area contributed by atoms with Crippen molar-refractivity contribution in [2.24, 2.45) is 17.3 Å². The smallest absolute Gasteiger partial charge is 0.307 e. The van der Waals surface area contributed by atoms with Crippen LogP contribution in [0, 0.1) is 24.2 Å². The molecule has 35 heavy (non-hydrogen) atoms. The minimum Gasteiger partial charge on any atom is -0.490 e. The number of nitrogens with one attached hydrogen (secondary N) is 1. The Kier molecular flexibility index (Phi) is 10.0. The molecular formula is C31H47NO3. The fraction of sp³-hybridized carbons (Fsp3) is 0.645. The second-order valence-electron chi connectivity index (χ2n) is 11.5. The largest absolute Gasteiger partial charge is 0.490 e. The van der Waals surface area contributed by atoms with Gasteiger partial charge in [-0.05, 0) is 103 Å². The number of benzene rings is 2.